The van der Waals surface area contributed by atoms with Crippen LogP contribution in [0.2, 0.25) is 0 Å². The second-order valence-electron chi connectivity index (χ2n) is 6.43. The average molecular weight is 378 g/mol. The fraction of sp³-hybridized carbons (Fsp3) is 0.368. The smallest absolute Gasteiger partial charge is 0.376 e. The highest BCUT2D eigenvalue weighted by molar-refractivity contribution is 5.93. The SMILES string of the molecule is O=C(CNc1cccc(C(F)(F)F)c1)Nc1ccc(N2CCCCC2)nc1. The van der Waals surface area contributed by atoms with Gasteiger partial charge < -0.3 is 15.5 Å². The first kappa shape index (κ1) is 19.0. The third kappa shape index (κ3) is 5.35. The molecule has 1 aromatic heterocycles. The lowest BCUT2D eigenvalue weighted by atomic mass is 10.1. The molecular formula is C19H21F3N4O. The summed E-state index contributed by atoms with van der Waals surface area (Å²) in [6, 6.07) is 8.38. The molecule has 1 aliphatic heterocycles. The van der Waals surface area contributed by atoms with E-state index in [9.17, 15) is 18.0 Å². The summed E-state index contributed by atoms with van der Waals surface area (Å²) in [7, 11) is 0. The van der Waals surface area contributed by atoms with Crippen molar-refractivity contribution in [1.29, 1.82) is 0 Å². The molecule has 1 fully saturated rings. The number of benzene rings is 1. The first-order chi connectivity index (χ1) is 12.9. The van der Waals surface area contributed by atoms with E-state index < -0.39 is 11.7 Å². The molecule has 8 heteroatoms. The van der Waals surface area contributed by atoms with Crippen molar-refractivity contribution in [3.8, 4) is 0 Å². The van der Waals surface area contributed by atoms with Gasteiger partial charge in [-0.15, -0.1) is 0 Å². The van der Waals surface area contributed by atoms with Crippen LogP contribution in [-0.4, -0.2) is 30.5 Å². The van der Waals surface area contributed by atoms with E-state index in [1.54, 1.807) is 12.3 Å². The fourth-order valence-corrected chi connectivity index (χ4v) is 2.96. The topological polar surface area (TPSA) is 57.3 Å². The Balaban J connectivity index is 1.52. The zero-order valence-corrected chi connectivity index (χ0v) is 14.7. The molecule has 5 nitrogen and oxygen atoms in total. The van der Waals surface area contributed by atoms with Crippen LogP contribution in [0.5, 0.6) is 0 Å². The summed E-state index contributed by atoms with van der Waals surface area (Å²) < 4.78 is 38.1. The van der Waals surface area contributed by atoms with E-state index in [1.165, 1.54) is 18.6 Å². The number of amides is 1. The summed E-state index contributed by atoms with van der Waals surface area (Å²) in [6.07, 6.45) is 0.722. The van der Waals surface area contributed by atoms with Crippen molar-refractivity contribution in [1.82, 2.24) is 4.98 Å². The van der Waals surface area contributed by atoms with Crippen molar-refractivity contribution in [2.24, 2.45) is 0 Å². The van der Waals surface area contributed by atoms with E-state index in [-0.39, 0.29) is 18.1 Å². The molecule has 27 heavy (non-hydrogen) atoms. The standard InChI is InChI=1S/C19H21F3N4O/c20-19(21,22)14-5-4-6-15(11-14)23-13-18(27)25-16-7-8-17(24-12-16)26-9-2-1-3-10-26/h4-8,11-12,23H,1-3,9-10,13H2,(H,25,27). The number of carbonyl (C=O) groups is 1. The predicted molar refractivity (Wildman–Crippen MR) is 98.9 cm³/mol. The number of piperidine rings is 1. The third-order valence-electron chi connectivity index (χ3n) is 4.35. The van der Waals surface area contributed by atoms with Crippen molar-refractivity contribution in [2.45, 2.75) is 25.4 Å². The fourth-order valence-electron chi connectivity index (χ4n) is 2.96. The van der Waals surface area contributed by atoms with Gasteiger partial charge in [-0.3, -0.25) is 4.79 Å². The van der Waals surface area contributed by atoms with Crippen LogP contribution >= 0.6 is 0 Å². The molecule has 2 N–H and O–H groups in total. The molecule has 2 heterocycles. The Bertz CT molecular complexity index is 771. The van der Waals surface area contributed by atoms with Crippen molar-refractivity contribution in [3.63, 3.8) is 0 Å². The molecule has 1 saturated heterocycles. The Morgan fingerprint density at radius 1 is 1.07 bits per heavy atom. The molecule has 0 atom stereocenters. The normalized spacial score (nSPS) is 14.7. The van der Waals surface area contributed by atoms with Crippen LogP contribution in [0, 0.1) is 0 Å². The van der Waals surface area contributed by atoms with Gasteiger partial charge in [-0.25, -0.2) is 4.98 Å². The second-order valence-corrected chi connectivity index (χ2v) is 6.43. The monoisotopic (exact) mass is 378 g/mol. The Kier molecular flexibility index (Phi) is 5.83. The van der Waals surface area contributed by atoms with Gasteiger partial charge in [-0.2, -0.15) is 13.2 Å². The Labute approximate surface area is 155 Å². The number of nitrogens with one attached hydrogen (secondary N) is 2. The molecule has 0 saturated carbocycles. The lowest BCUT2D eigenvalue weighted by molar-refractivity contribution is -0.137. The molecule has 3 rings (SSSR count). The minimum Gasteiger partial charge on any atom is -0.376 e. The molecule has 0 spiro atoms. The highest BCUT2D eigenvalue weighted by Gasteiger charge is 2.30. The summed E-state index contributed by atoms with van der Waals surface area (Å²) in [5.41, 5.74) is 0.0237. The van der Waals surface area contributed by atoms with Crippen LogP contribution < -0.4 is 15.5 Å². The van der Waals surface area contributed by atoms with Gasteiger partial charge in [0.25, 0.3) is 0 Å². The minimum absolute atomic E-state index is 0.144. The zero-order chi connectivity index (χ0) is 19.3. The van der Waals surface area contributed by atoms with Crippen LogP contribution in [0.3, 0.4) is 0 Å². The van der Waals surface area contributed by atoms with E-state index in [4.69, 9.17) is 0 Å². The van der Waals surface area contributed by atoms with Crippen LogP contribution in [0.1, 0.15) is 24.8 Å². The van der Waals surface area contributed by atoms with Gasteiger partial charge in [0, 0.05) is 18.8 Å². The van der Waals surface area contributed by atoms with Gasteiger partial charge in [0.1, 0.15) is 5.82 Å². The number of halogens is 3. The number of carbonyl (C=O) groups excluding carboxylic acids is 1. The number of aromatic nitrogens is 1. The second kappa shape index (κ2) is 8.28. The van der Waals surface area contributed by atoms with Gasteiger partial charge >= 0.3 is 6.18 Å². The number of nitrogens with zero attached hydrogens (tertiary/aromatic N) is 2. The highest BCUT2D eigenvalue weighted by Crippen LogP contribution is 2.30. The van der Waals surface area contributed by atoms with E-state index >= 15 is 0 Å². The first-order valence-corrected chi connectivity index (χ1v) is 8.84. The van der Waals surface area contributed by atoms with E-state index in [2.05, 4.69) is 20.5 Å². The van der Waals surface area contributed by atoms with Crippen LogP contribution in [0.4, 0.5) is 30.4 Å². The lowest BCUT2D eigenvalue weighted by Gasteiger charge is -2.27. The molecule has 0 radical (unpaired) electrons. The number of pyridine rings is 1. The molecule has 0 bridgehead atoms. The number of alkyl halides is 3. The number of hydrogen-bond donors (Lipinski definition) is 2. The van der Waals surface area contributed by atoms with Crippen molar-refractivity contribution in [3.05, 3.63) is 48.2 Å². The molecular weight excluding hydrogens is 357 g/mol. The molecule has 2 aromatic rings. The summed E-state index contributed by atoms with van der Waals surface area (Å²) >= 11 is 0. The Morgan fingerprint density at radius 3 is 2.52 bits per heavy atom. The summed E-state index contributed by atoms with van der Waals surface area (Å²) in [6.45, 7) is 1.83. The van der Waals surface area contributed by atoms with Crippen LogP contribution in [-0.2, 0) is 11.0 Å². The van der Waals surface area contributed by atoms with E-state index in [0.717, 1.165) is 43.9 Å². The summed E-state index contributed by atoms with van der Waals surface area (Å²) in [5, 5.41) is 5.38. The molecule has 1 aliphatic rings. The van der Waals surface area contributed by atoms with E-state index in [0.29, 0.717) is 5.69 Å². The third-order valence-corrected chi connectivity index (χ3v) is 4.35. The van der Waals surface area contributed by atoms with Crippen LogP contribution in [0.15, 0.2) is 42.6 Å². The van der Waals surface area contributed by atoms with Crippen LogP contribution in [0.25, 0.3) is 0 Å². The molecule has 0 unspecified atom stereocenters. The summed E-state index contributed by atoms with van der Waals surface area (Å²) in [4.78, 5) is 18.6. The summed E-state index contributed by atoms with van der Waals surface area (Å²) in [5.74, 6) is 0.523. The Morgan fingerprint density at radius 2 is 1.85 bits per heavy atom. The molecule has 0 aliphatic carbocycles. The average Bonchev–Trinajstić information content (AvgIpc) is 2.67. The molecule has 144 valence electrons. The maximum atomic E-state index is 12.7. The minimum atomic E-state index is -4.41. The maximum absolute atomic E-state index is 12.7. The molecule has 1 aromatic carbocycles. The number of anilines is 3. The lowest BCUT2D eigenvalue weighted by Crippen LogP contribution is -2.30. The van der Waals surface area contributed by atoms with Crippen molar-refractivity contribution >= 4 is 23.1 Å². The van der Waals surface area contributed by atoms with Crippen molar-refractivity contribution in [2.75, 3.05) is 35.2 Å². The maximum Gasteiger partial charge on any atom is 0.416 e. The largest absolute Gasteiger partial charge is 0.416 e. The zero-order valence-electron chi connectivity index (χ0n) is 14.7. The van der Waals surface area contributed by atoms with Gasteiger partial charge in [0.15, 0.2) is 0 Å². The molecule has 1 amide bonds. The van der Waals surface area contributed by atoms with Gasteiger partial charge in [-0.05, 0) is 49.6 Å². The van der Waals surface area contributed by atoms with E-state index in [1.807, 2.05) is 6.07 Å². The predicted octanol–water partition coefficient (Wildman–Crippen LogP) is 4.14. The highest BCUT2D eigenvalue weighted by atomic mass is 19.4. The Hall–Kier alpha value is -2.77. The van der Waals surface area contributed by atoms with Gasteiger partial charge in [0.2, 0.25) is 5.91 Å². The van der Waals surface area contributed by atoms with Crippen molar-refractivity contribution < 1.29 is 18.0 Å². The number of hydrogen-bond acceptors (Lipinski definition) is 4. The first-order valence-electron chi connectivity index (χ1n) is 8.84. The van der Waals surface area contributed by atoms with Gasteiger partial charge in [0.05, 0.1) is 24.0 Å². The quantitative estimate of drug-likeness (QED) is 0.821. The van der Waals surface area contributed by atoms with Gasteiger partial charge in [-0.1, -0.05) is 6.07 Å². The number of rotatable bonds is 5.